The molecule has 0 radical (unpaired) electrons. The Bertz CT molecular complexity index is 501. The first kappa shape index (κ1) is 17.4. The third-order valence-electron chi connectivity index (χ3n) is 3.85. The van der Waals surface area contributed by atoms with E-state index in [1.807, 2.05) is 47.2 Å². The molecular weight excluding hydrogens is 294 g/mol. The average Bonchev–Trinajstić information content (AvgIpc) is 2.59. The molecule has 1 aliphatic heterocycles. The van der Waals surface area contributed by atoms with Crippen molar-refractivity contribution >= 4 is 17.5 Å². The van der Waals surface area contributed by atoms with E-state index in [1.165, 1.54) is 0 Å². The summed E-state index contributed by atoms with van der Waals surface area (Å²) in [5.74, 6) is 0.149. The number of morpholine rings is 1. The van der Waals surface area contributed by atoms with Crippen molar-refractivity contribution in [3.8, 4) is 0 Å². The van der Waals surface area contributed by atoms with Gasteiger partial charge in [-0.3, -0.25) is 9.59 Å². The molecular formula is C17H25N3O3. The van der Waals surface area contributed by atoms with Gasteiger partial charge in [0, 0.05) is 44.7 Å². The van der Waals surface area contributed by atoms with Crippen molar-refractivity contribution in [3.63, 3.8) is 0 Å². The fourth-order valence-electron chi connectivity index (χ4n) is 2.41. The van der Waals surface area contributed by atoms with Crippen LogP contribution < -0.4 is 5.32 Å². The van der Waals surface area contributed by atoms with Crippen LogP contribution in [-0.4, -0.2) is 68.1 Å². The molecule has 6 heteroatoms. The van der Waals surface area contributed by atoms with Crippen LogP contribution >= 0.6 is 0 Å². The SMILES string of the molecule is CN(CCC(=O)Nc1ccccc1)CCC(=O)N1CCOCC1. The maximum absolute atomic E-state index is 12.0. The molecule has 1 heterocycles. The Labute approximate surface area is 137 Å². The Hall–Kier alpha value is -1.92. The zero-order valence-corrected chi connectivity index (χ0v) is 13.7. The molecule has 0 bridgehead atoms. The van der Waals surface area contributed by atoms with E-state index in [0.29, 0.717) is 52.2 Å². The first-order chi connectivity index (χ1) is 11.1. The Kier molecular flexibility index (Phi) is 7.03. The highest BCUT2D eigenvalue weighted by Gasteiger charge is 2.17. The second-order valence-electron chi connectivity index (χ2n) is 5.71. The number of amides is 2. The molecule has 1 aromatic rings. The number of nitrogens with one attached hydrogen (secondary N) is 1. The highest BCUT2D eigenvalue weighted by Crippen LogP contribution is 2.06. The van der Waals surface area contributed by atoms with Crippen LogP contribution in [0.15, 0.2) is 30.3 Å². The summed E-state index contributed by atoms with van der Waals surface area (Å²) < 4.78 is 5.24. The summed E-state index contributed by atoms with van der Waals surface area (Å²) in [5, 5.41) is 2.86. The van der Waals surface area contributed by atoms with E-state index < -0.39 is 0 Å². The first-order valence-corrected chi connectivity index (χ1v) is 8.04. The second kappa shape index (κ2) is 9.27. The maximum Gasteiger partial charge on any atom is 0.225 e. The molecule has 1 aromatic carbocycles. The normalized spacial score (nSPS) is 14.8. The number of rotatable bonds is 7. The Balaban J connectivity index is 1.61. The fourth-order valence-corrected chi connectivity index (χ4v) is 2.41. The molecule has 0 saturated carbocycles. The van der Waals surface area contributed by atoms with Gasteiger partial charge >= 0.3 is 0 Å². The summed E-state index contributed by atoms with van der Waals surface area (Å²) in [6, 6.07) is 9.41. The van der Waals surface area contributed by atoms with Gasteiger partial charge in [0.1, 0.15) is 0 Å². The lowest BCUT2D eigenvalue weighted by molar-refractivity contribution is -0.135. The fraction of sp³-hybridized carbons (Fsp3) is 0.529. The van der Waals surface area contributed by atoms with Crippen molar-refractivity contribution < 1.29 is 14.3 Å². The molecule has 1 aliphatic rings. The molecule has 2 amide bonds. The third-order valence-corrected chi connectivity index (χ3v) is 3.85. The lowest BCUT2D eigenvalue weighted by Crippen LogP contribution is -2.41. The summed E-state index contributed by atoms with van der Waals surface area (Å²) >= 11 is 0. The zero-order valence-electron chi connectivity index (χ0n) is 13.7. The van der Waals surface area contributed by atoms with E-state index >= 15 is 0 Å². The third kappa shape index (κ3) is 6.38. The van der Waals surface area contributed by atoms with Gasteiger partial charge in [-0.25, -0.2) is 0 Å². The van der Waals surface area contributed by atoms with Gasteiger partial charge in [0.15, 0.2) is 0 Å². The number of benzene rings is 1. The molecule has 23 heavy (non-hydrogen) atoms. The topological polar surface area (TPSA) is 61.9 Å². The predicted molar refractivity (Wildman–Crippen MR) is 89.2 cm³/mol. The summed E-state index contributed by atoms with van der Waals surface area (Å²) in [4.78, 5) is 27.8. The lowest BCUT2D eigenvalue weighted by atomic mass is 10.3. The largest absolute Gasteiger partial charge is 0.378 e. The Morgan fingerprint density at radius 2 is 1.78 bits per heavy atom. The van der Waals surface area contributed by atoms with Crippen LogP contribution in [0.5, 0.6) is 0 Å². The molecule has 6 nitrogen and oxygen atoms in total. The molecule has 0 aliphatic carbocycles. The van der Waals surface area contributed by atoms with Gasteiger partial charge in [-0.15, -0.1) is 0 Å². The van der Waals surface area contributed by atoms with Crippen molar-refractivity contribution in [2.45, 2.75) is 12.8 Å². The van der Waals surface area contributed by atoms with E-state index in [9.17, 15) is 9.59 Å². The standard InChI is InChI=1S/C17H25N3O3/c1-19(10-8-17(22)20-11-13-23-14-12-20)9-7-16(21)18-15-5-3-2-4-6-15/h2-6H,7-14H2,1H3,(H,18,21). The minimum absolute atomic E-state index is 0.0115. The Morgan fingerprint density at radius 3 is 2.48 bits per heavy atom. The number of carbonyl (C=O) groups excluding carboxylic acids is 2. The highest BCUT2D eigenvalue weighted by atomic mass is 16.5. The minimum Gasteiger partial charge on any atom is -0.378 e. The van der Waals surface area contributed by atoms with Crippen molar-refractivity contribution in [2.75, 3.05) is 51.8 Å². The molecule has 1 saturated heterocycles. The monoisotopic (exact) mass is 319 g/mol. The summed E-state index contributed by atoms with van der Waals surface area (Å²) in [7, 11) is 1.93. The van der Waals surface area contributed by atoms with Crippen LogP contribution in [0.1, 0.15) is 12.8 Å². The maximum atomic E-state index is 12.0. The molecule has 2 rings (SSSR count). The van der Waals surface area contributed by atoms with Gasteiger partial charge in [-0.05, 0) is 19.2 Å². The van der Waals surface area contributed by atoms with Gasteiger partial charge in [0.25, 0.3) is 0 Å². The van der Waals surface area contributed by atoms with Crippen molar-refractivity contribution in [2.24, 2.45) is 0 Å². The highest BCUT2D eigenvalue weighted by molar-refractivity contribution is 5.90. The number of ether oxygens (including phenoxy) is 1. The van der Waals surface area contributed by atoms with E-state index in [1.54, 1.807) is 0 Å². The number of para-hydroxylation sites is 1. The first-order valence-electron chi connectivity index (χ1n) is 8.04. The van der Waals surface area contributed by atoms with E-state index in [0.717, 1.165) is 5.69 Å². The average molecular weight is 319 g/mol. The minimum atomic E-state index is -0.0115. The quantitative estimate of drug-likeness (QED) is 0.820. The molecule has 0 atom stereocenters. The summed E-state index contributed by atoms with van der Waals surface area (Å²) in [6.07, 6.45) is 0.897. The molecule has 1 fully saturated rings. The van der Waals surface area contributed by atoms with Crippen molar-refractivity contribution in [1.82, 2.24) is 9.80 Å². The smallest absolute Gasteiger partial charge is 0.225 e. The van der Waals surface area contributed by atoms with Gasteiger partial charge in [-0.2, -0.15) is 0 Å². The molecule has 0 unspecified atom stereocenters. The Morgan fingerprint density at radius 1 is 1.13 bits per heavy atom. The van der Waals surface area contributed by atoms with E-state index in [-0.39, 0.29) is 11.8 Å². The molecule has 0 aromatic heterocycles. The van der Waals surface area contributed by atoms with Gasteiger partial charge in [0.2, 0.25) is 11.8 Å². The summed E-state index contributed by atoms with van der Waals surface area (Å²) in [5.41, 5.74) is 0.808. The van der Waals surface area contributed by atoms with Crippen LogP contribution in [-0.2, 0) is 14.3 Å². The van der Waals surface area contributed by atoms with Crippen LogP contribution in [0.4, 0.5) is 5.69 Å². The van der Waals surface area contributed by atoms with Gasteiger partial charge in [0.05, 0.1) is 13.2 Å². The number of hydrogen-bond acceptors (Lipinski definition) is 4. The van der Waals surface area contributed by atoms with Crippen molar-refractivity contribution in [1.29, 1.82) is 0 Å². The molecule has 0 spiro atoms. The second-order valence-corrected chi connectivity index (χ2v) is 5.71. The van der Waals surface area contributed by atoms with Crippen LogP contribution in [0, 0.1) is 0 Å². The number of carbonyl (C=O) groups is 2. The van der Waals surface area contributed by atoms with Gasteiger partial charge in [-0.1, -0.05) is 18.2 Å². The number of hydrogen-bond donors (Lipinski definition) is 1. The summed E-state index contributed by atoms with van der Waals surface area (Å²) in [6.45, 7) is 3.91. The van der Waals surface area contributed by atoms with Crippen LogP contribution in [0.3, 0.4) is 0 Å². The van der Waals surface area contributed by atoms with E-state index in [2.05, 4.69) is 5.32 Å². The molecule has 1 N–H and O–H groups in total. The van der Waals surface area contributed by atoms with Crippen LogP contribution in [0.25, 0.3) is 0 Å². The zero-order chi connectivity index (χ0) is 16.5. The number of anilines is 1. The number of nitrogens with zero attached hydrogens (tertiary/aromatic N) is 2. The van der Waals surface area contributed by atoms with Crippen LogP contribution in [0.2, 0.25) is 0 Å². The van der Waals surface area contributed by atoms with Crippen molar-refractivity contribution in [3.05, 3.63) is 30.3 Å². The molecule has 126 valence electrons. The lowest BCUT2D eigenvalue weighted by Gasteiger charge is -2.27. The van der Waals surface area contributed by atoms with Gasteiger partial charge < -0.3 is 19.9 Å². The predicted octanol–water partition coefficient (Wildman–Crippen LogP) is 1.20. The van der Waals surface area contributed by atoms with E-state index in [4.69, 9.17) is 4.74 Å².